The third kappa shape index (κ3) is 5.64. The van der Waals surface area contributed by atoms with Crippen molar-refractivity contribution < 1.29 is 14.3 Å². The molecule has 1 aromatic carbocycles. The standard InChI is InChI=1S/C18H24INO3/c1-6-10-13(7-2)20(17(22)23-18(3,4)5)16(21)14-11-8-9-12-15(14)19/h6,8-13H,7H2,1-5H3/b10-6-/t13-/m0/s1. The van der Waals surface area contributed by atoms with Crippen molar-refractivity contribution in [2.24, 2.45) is 0 Å². The van der Waals surface area contributed by atoms with Gasteiger partial charge in [-0.1, -0.05) is 31.2 Å². The van der Waals surface area contributed by atoms with E-state index in [2.05, 4.69) is 22.6 Å². The molecule has 0 aromatic heterocycles. The lowest BCUT2D eigenvalue weighted by atomic mass is 10.1. The van der Waals surface area contributed by atoms with E-state index in [-0.39, 0.29) is 11.9 Å². The molecule has 0 radical (unpaired) electrons. The van der Waals surface area contributed by atoms with Crippen LogP contribution in [-0.2, 0) is 4.74 Å². The van der Waals surface area contributed by atoms with E-state index in [9.17, 15) is 9.59 Å². The number of carbonyl (C=O) groups is 2. The maximum Gasteiger partial charge on any atom is 0.417 e. The first-order valence-electron chi connectivity index (χ1n) is 7.65. The number of carbonyl (C=O) groups excluding carboxylic acids is 2. The van der Waals surface area contributed by atoms with Crippen LogP contribution in [-0.4, -0.2) is 28.5 Å². The monoisotopic (exact) mass is 429 g/mol. The highest BCUT2D eigenvalue weighted by Crippen LogP contribution is 2.20. The van der Waals surface area contributed by atoms with E-state index >= 15 is 0 Å². The van der Waals surface area contributed by atoms with Gasteiger partial charge in [-0.25, -0.2) is 9.69 Å². The number of ether oxygens (including phenoxy) is 1. The average Bonchev–Trinajstić information content (AvgIpc) is 2.45. The summed E-state index contributed by atoms with van der Waals surface area (Å²) in [5, 5.41) is 0. The van der Waals surface area contributed by atoms with Gasteiger partial charge in [0.25, 0.3) is 5.91 Å². The van der Waals surface area contributed by atoms with Crippen molar-refractivity contribution in [1.29, 1.82) is 0 Å². The lowest BCUT2D eigenvalue weighted by Crippen LogP contribution is -2.46. The molecule has 0 bridgehead atoms. The zero-order chi connectivity index (χ0) is 17.6. The Kier molecular flexibility index (Phi) is 7.25. The van der Waals surface area contributed by atoms with Crippen molar-refractivity contribution in [2.75, 3.05) is 0 Å². The fraction of sp³-hybridized carbons (Fsp3) is 0.444. The van der Waals surface area contributed by atoms with Gasteiger partial charge in [0.15, 0.2) is 0 Å². The Hall–Kier alpha value is -1.37. The van der Waals surface area contributed by atoms with Crippen molar-refractivity contribution in [3.05, 3.63) is 45.6 Å². The molecule has 0 aliphatic heterocycles. The quantitative estimate of drug-likeness (QED) is 0.499. The predicted molar refractivity (Wildman–Crippen MR) is 100 cm³/mol. The first-order valence-corrected chi connectivity index (χ1v) is 8.73. The molecule has 0 saturated carbocycles. The molecule has 0 spiro atoms. The van der Waals surface area contributed by atoms with Crippen LogP contribution >= 0.6 is 22.6 Å². The normalized spacial score (nSPS) is 13.0. The molecule has 5 heteroatoms. The lowest BCUT2D eigenvalue weighted by molar-refractivity contribution is 0.0194. The molecule has 1 atom stereocenters. The topological polar surface area (TPSA) is 46.6 Å². The summed E-state index contributed by atoms with van der Waals surface area (Å²) >= 11 is 2.10. The van der Waals surface area contributed by atoms with Gasteiger partial charge in [0.1, 0.15) is 5.60 Å². The Morgan fingerprint density at radius 3 is 2.39 bits per heavy atom. The Labute approximate surface area is 152 Å². The van der Waals surface area contributed by atoms with Crippen LogP contribution in [0.3, 0.4) is 0 Å². The van der Waals surface area contributed by atoms with Gasteiger partial charge in [-0.3, -0.25) is 4.79 Å². The zero-order valence-electron chi connectivity index (χ0n) is 14.3. The fourth-order valence-electron chi connectivity index (χ4n) is 2.07. The first-order chi connectivity index (χ1) is 10.7. The number of benzene rings is 1. The smallest absolute Gasteiger partial charge is 0.417 e. The minimum absolute atomic E-state index is 0.335. The second-order valence-electron chi connectivity index (χ2n) is 6.14. The molecule has 0 N–H and O–H groups in total. The summed E-state index contributed by atoms with van der Waals surface area (Å²) < 4.78 is 6.25. The highest BCUT2D eigenvalue weighted by molar-refractivity contribution is 14.1. The Balaban J connectivity index is 3.25. The van der Waals surface area contributed by atoms with Gasteiger partial charge in [-0.2, -0.15) is 0 Å². The van der Waals surface area contributed by atoms with Gasteiger partial charge >= 0.3 is 6.09 Å². The molecule has 126 valence electrons. The van der Waals surface area contributed by atoms with Crippen LogP contribution in [0.1, 0.15) is 51.4 Å². The summed E-state index contributed by atoms with van der Waals surface area (Å²) in [7, 11) is 0. The van der Waals surface area contributed by atoms with Gasteiger partial charge < -0.3 is 4.74 Å². The molecular weight excluding hydrogens is 405 g/mol. The van der Waals surface area contributed by atoms with Gasteiger partial charge in [0, 0.05) is 3.57 Å². The number of allylic oxidation sites excluding steroid dienone is 1. The molecule has 0 fully saturated rings. The van der Waals surface area contributed by atoms with Crippen LogP contribution in [0.2, 0.25) is 0 Å². The maximum atomic E-state index is 13.0. The number of amides is 2. The van der Waals surface area contributed by atoms with Crippen LogP contribution in [0.25, 0.3) is 0 Å². The summed E-state index contributed by atoms with van der Waals surface area (Å²) in [6.45, 7) is 9.17. The second kappa shape index (κ2) is 8.47. The first kappa shape index (κ1) is 19.7. The third-order valence-corrected chi connectivity index (χ3v) is 4.02. The van der Waals surface area contributed by atoms with E-state index in [4.69, 9.17) is 4.74 Å². The van der Waals surface area contributed by atoms with Crippen LogP contribution in [0.4, 0.5) is 4.79 Å². The summed E-state index contributed by atoms with van der Waals surface area (Å²) in [6, 6.07) is 6.89. The maximum absolute atomic E-state index is 13.0. The van der Waals surface area contributed by atoms with E-state index in [0.29, 0.717) is 12.0 Å². The Morgan fingerprint density at radius 1 is 1.30 bits per heavy atom. The predicted octanol–water partition coefficient (Wildman–Crippen LogP) is 5.02. The molecule has 1 aromatic rings. The van der Waals surface area contributed by atoms with Crippen LogP contribution in [0.15, 0.2) is 36.4 Å². The molecule has 0 aliphatic rings. The van der Waals surface area contributed by atoms with Gasteiger partial charge in [-0.05, 0) is 68.8 Å². The van der Waals surface area contributed by atoms with E-state index in [0.717, 1.165) is 3.57 Å². The van der Waals surface area contributed by atoms with Crippen molar-refractivity contribution in [1.82, 2.24) is 4.90 Å². The minimum Gasteiger partial charge on any atom is -0.443 e. The molecule has 0 saturated heterocycles. The van der Waals surface area contributed by atoms with Crippen LogP contribution in [0.5, 0.6) is 0 Å². The largest absolute Gasteiger partial charge is 0.443 e. The van der Waals surface area contributed by atoms with Crippen molar-refractivity contribution >= 4 is 34.6 Å². The highest BCUT2D eigenvalue weighted by atomic mass is 127. The summed E-state index contributed by atoms with van der Waals surface area (Å²) in [4.78, 5) is 26.8. The SMILES string of the molecule is C/C=C\[C@H](CC)N(C(=O)OC(C)(C)C)C(=O)c1ccccc1I. The summed E-state index contributed by atoms with van der Waals surface area (Å²) in [5.74, 6) is -0.339. The number of imide groups is 1. The number of rotatable bonds is 4. The number of halogens is 1. The number of hydrogen-bond donors (Lipinski definition) is 0. The molecule has 1 rings (SSSR count). The fourth-order valence-corrected chi connectivity index (χ4v) is 2.69. The summed E-state index contributed by atoms with van der Waals surface area (Å²) in [6.07, 6.45) is 3.69. The van der Waals surface area contributed by atoms with Gasteiger partial charge in [-0.15, -0.1) is 0 Å². The Morgan fingerprint density at radius 2 is 1.91 bits per heavy atom. The van der Waals surface area contributed by atoms with Crippen molar-refractivity contribution in [3.63, 3.8) is 0 Å². The Bertz CT molecular complexity index is 590. The van der Waals surface area contributed by atoms with E-state index in [1.165, 1.54) is 4.90 Å². The molecule has 4 nitrogen and oxygen atoms in total. The van der Waals surface area contributed by atoms with E-state index < -0.39 is 11.7 Å². The average molecular weight is 429 g/mol. The molecule has 0 unspecified atom stereocenters. The zero-order valence-corrected chi connectivity index (χ0v) is 16.5. The summed E-state index contributed by atoms with van der Waals surface area (Å²) in [5.41, 5.74) is -0.157. The highest BCUT2D eigenvalue weighted by Gasteiger charge is 2.32. The second-order valence-corrected chi connectivity index (χ2v) is 7.30. The van der Waals surface area contributed by atoms with Gasteiger partial charge in [0.05, 0.1) is 11.6 Å². The third-order valence-electron chi connectivity index (χ3n) is 3.08. The number of nitrogens with zero attached hydrogens (tertiary/aromatic N) is 1. The molecule has 0 aliphatic carbocycles. The minimum atomic E-state index is -0.659. The van der Waals surface area contributed by atoms with E-state index in [1.807, 2.05) is 38.1 Å². The molecule has 23 heavy (non-hydrogen) atoms. The van der Waals surface area contributed by atoms with Crippen molar-refractivity contribution in [3.8, 4) is 0 Å². The lowest BCUT2D eigenvalue weighted by Gasteiger charge is -2.30. The van der Waals surface area contributed by atoms with Crippen molar-refractivity contribution in [2.45, 2.75) is 52.7 Å². The van der Waals surface area contributed by atoms with Crippen LogP contribution in [0, 0.1) is 3.57 Å². The van der Waals surface area contributed by atoms with Gasteiger partial charge in [0.2, 0.25) is 0 Å². The van der Waals surface area contributed by atoms with E-state index in [1.54, 1.807) is 32.9 Å². The molecule has 0 heterocycles. The number of hydrogen-bond acceptors (Lipinski definition) is 3. The molecule has 2 amide bonds. The molecular formula is C18H24INO3. The van der Waals surface area contributed by atoms with Crippen LogP contribution < -0.4 is 0 Å².